The number of hydrazine groups is 1. The van der Waals surface area contributed by atoms with Gasteiger partial charge in [0.25, 0.3) is 11.8 Å². The average molecular weight is 253 g/mol. The molecule has 100 valence electrons. The van der Waals surface area contributed by atoms with Crippen molar-refractivity contribution < 1.29 is 14.4 Å². The molecule has 0 aliphatic carbocycles. The second-order valence-electron chi connectivity index (χ2n) is 5.13. The van der Waals surface area contributed by atoms with Crippen molar-refractivity contribution in [3.05, 3.63) is 0 Å². The van der Waals surface area contributed by atoms with E-state index in [-0.39, 0.29) is 24.1 Å². The SMILES string of the molecule is CC1CCN(C(=O)CCC2C(=O)NNC2=O)CC1. The number of likely N-dealkylation sites (tertiary alicyclic amines) is 1. The Morgan fingerprint density at radius 3 is 2.33 bits per heavy atom. The molecule has 2 rings (SSSR count). The van der Waals surface area contributed by atoms with Gasteiger partial charge in [-0.1, -0.05) is 6.92 Å². The van der Waals surface area contributed by atoms with E-state index in [9.17, 15) is 14.4 Å². The summed E-state index contributed by atoms with van der Waals surface area (Å²) in [7, 11) is 0. The van der Waals surface area contributed by atoms with Gasteiger partial charge in [-0.2, -0.15) is 0 Å². The summed E-state index contributed by atoms with van der Waals surface area (Å²) >= 11 is 0. The van der Waals surface area contributed by atoms with Crippen LogP contribution in [0.25, 0.3) is 0 Å². The minimum atomic E-state index is -0.710. The second kappa shape index (κ2) is 5.37. The molecule has 0 radical (unpaired) electrons. The van der Waals surface area contributed by atoms with Crippen LogP contribution < -0.4 is 10.9 Å². The first-order chi connectivity index (χ1) is 8.58. The average Bonchev–Trinajstić information content (AvgIpc) is 2.67. The molecule has 0 aromatic carbocycles. The Morgan fingerprint density at radius 2 is 1.78 bits per heavy atom. The highest BCUT2D eigenvalue weighted by atomic mass is 16.2. The summed E-state index contributed by atoms with van der Waals surface area (Å²) in [6.07, 6.45) is 2.63. The summed E-state index contributed by atoms with van der Waals surface area (Å²) in [5.41, 5.74) is 4.53. The zero-order valence-corrected chi connectivity index (χ0v) is 10.6. The fraction of sp³-hybridized carbons (Fsp3) is 0.750. The highest BCUT2D eigenvalue weighted by molar-refractivity contribution is 6.05. The van der Waals surface area contributed by atoms with Crippen LogP contribution in [0, 0.1) is 11.8 Å². The van der Waals surface area contributed by atoms with Gasteiger partial charge < -0.3 is 4.90 Å². The number of rotatable bonds is 3. The Balaban J connectivity index is 1.78. The minimum Gasteiger partial charge on any atom is -0.343 e. The quantitative estimate of drug-likeness (QED) is 0.684. The van der Waals surface area contributed by atoms with Gasteiger partial charge in [0.1, 0.15) is 5.92 Å². The Hall–Kier alpha value is -1.59. The van der Waals surface area contributed by atoms with Crippen LogP contribution >= 0.6 is 0 Å². The normalized spacial score (nSPS) is 21.9. The molecule has 2 fully saturated rings. The molecule has 2 aliphatic rings. The lowest BCUT2D eigenvalue weighted by atomic mass is 9.98. The molecule has 0 spiro atoms. The molecule has 0 aromatic rings. The minimum absolute atomic E-state index is 0.0504. The van der Waals surface area contributed by atoms with Crippen molar-refractivity contribution in [1.82, 2.24) is 15.8 Å². The molecule has 2 aliphatic heterocycles. The molecule has 6 nitrogen and oxygen atoms in total. The van der Waals surface area contributed by atoms with E-state index in [1.165, 1.54) is 0 Å². The van der Waals surface area contributed by atoms with E-state index in [1.54, 1.807) is 0 Å². The van der Waals surface area contributed by atoms with Gasteiger partial charge in [0, 0.05) is 19.5 Å². The fourth-order valence-corrected chi connectivity index (χ4v) is 2.36. The van der Waals surface area contributed by atoms with E-state index in [4.69, 9.17) is 0 Å². The zero-order valence-electron chi connectivity index (χ0n) is 10.6. The first kappa shape index (κ1) is 12.9. The van der Waals surface area contributed by atoms with E-state index in [1.807, 2.05) is 4.90 Å². The number of carbonyl (C=O) groups is 3. The van der Waals surface area contributed by atoms with E-state index in [0.29, 0.717) is 12.3 Å². The van der Waals surface area contributed by atoms with Crippen LogP contribution in [0.4, 0.5) is 0 Å². The molecule has 0 aromatic heterocycles. The van der Waals surface area contributed by atoms with E-state index in [0.717, 1.165) is 25.9 Å². The Labute approximate surface area is 106 Å². The van der Waals surface area contributed by atoms with E-state index in [2.05, 4.69) is 17.8 Å². The number of nitrogens with zero attached hydrogens (tertiary/aromatic N) is 1. The molecule has 0 atom stereocenters. The van der Waals surface area contributed by atoms with Crippen LogP contribution in [0.15, 0.2) is 0 Å². The van der Waals surface area contributed by atoms with Crippen molar-refractivity contribution in [2.24, 2.45) is 11.8 Å². The summed E-state index contributed by atoms with van der Waals surface area (Å²) in [5, 5.41) is 0. The molecule has 3 amide bonds. The number of hydrogen-bond acceptors (Lipinski definition) is 3. The van der Waals surface area contributed by atoms with Crippen molar-refractivity contribution in [2.75, 3.05) is 13.1 Å². The molecule has 0 saturated carbocycles. The number of piperidine rings is 1. The third kappa shape index (κ3) is 2.80. The predicted octanol–water partition coefficient (Wildman–Crippen LogP) is -0.198. The Morgan fingerprint density at radius 1 is 1.22 bits per heavy atom. The largest absolute Gasteiger partial charge is 0.343 e. The van der Waals surface area contributed by atoms with Crippen molar-refractivity contribution in [1.29, 1.82) is 0 Å². The maximum Gasteiger partial charge on any atom is 0.251 e. The van der Waals surface area contributed by atoms with Gasteiger partial charge >= 0.3 is 0 Å². The lowest BCUT2D eigenvalue weighted by Gasteiger charge is -2.30. The maximum absolute atomic E-state index is 11.9. The molecule has 2 heterocycles. The Bertz CT molecular complexity index is 346. The van der Waals surface area contributed by atoms with Crippen molar-refractivity contribution in [2.45, 2.75) is 32.6 Å². The topological polar surface area (TPSA) is 78.5 Å². The van der Waals surface area contributed by atoms with Gasteiger partial charge in [0.05, 0.1) is 0 Å². The summed E-state index contributed by atoms with van der Waals surface area (Å²) in [6, 6.07) is 0. The standard InChI is InChI=1S/C12H19N3O3/c1-8-4-6-15(7-5-8)10(16)3-2-9-11(17)13-14-12(9)18/h8-9H,2-7H2,1H3,(H,13,17)(H,14,18). The molecule has 2 saturated heterocycles. The van der Waals surface area contributed by atoms with Crippen LogP contribution in [-0.4, -0.2) is 35.7 Å². The van der Waals surface area contributed by atoms with Gasteiger partial charge in [-0.15, -0.1) is 0 Å². The smallest absolute Gasteiger partial charge is 0.251 e. The number of amides is 3. The maximum atomic E-state index is 11.9. The van der Waals surface area contributed by atoms with Crippen molar-refractivity contribution in [3.63, 3.8) is 0 Å². The molecule has 6 heteroatoms. The van der Waals surface area contributed by atoms with Crippen LogP contribution in [0.2, 0.25) is 0 Å². The van der Waals surface area contributed by atoms with Gasteiger partial charge in [-0.25, -0.2) is 0 Å². The first-order valence-electron chi connectivity index (χ1n) is 6.45. The molecule has 0 unspecified atom stereocenters. The monoisotopic (exact) mass is 253 g/mol. The number of hydrogen-bond donors (Lipinski definition) is 2. The van der Waals surface area contributed by atoms with Crippen molar-refractivity contribution >= 4 is 17.7 Å². The van der Waals surface area contributed by atoms with Crippen molar-refractivity contribution in [3.8, 4) is 0 Å². The second-order valence-corrected chi connectivity index (χ2v) is 5.13. The number of nitrogens with one attached hydrogen (secondary N) is 2. The zero-order chi connectivity index (χ0) is 13.1. The lowest BCUT2D eigenvalue weighted by molar-refractivity contribution is -0.133. The molecule has 0 bridgehead atoms. The van der Waals surface area contributed by atoms with Gasteiger partial charge in [-0.3, -0.25) is 25.2 Å². The van der Waals surface area contributed by atoms with Crippen LogP contribution in [0.5, 0.6) is 0 Å². The third-order valence-corrected chi connectivity index (χ3v) is 3.73. The van der Waals surface area contributed by atoms with Crippen LogP contribution in [-0.2, 0) is 14.4 Å². The van der Waals surface area contributed by atoms with Gasteiger partial charge in [0.2, 0.25) is 5.91 Å². The summed E-state index contributed by atoms with van der Waals surface area (Å²) in [5.74, 6) is -0.646. The molecular weight excluding hydrogens is 234 g/mol. The molecule has 2 N–H and O–H groups in total. The summed E-state index contributed by atoms with van der Waals surface area (Å²) < 4.78 is 0. The van der Waals surface area contributed by atoms with Gasteiger partial charge in [0.15, 0.2) is 0 Å². The first-order valence-corrected chi connectivity index (χ1v) is 6.45. The summed E-state index contributed by atoms with van der Waals surface area (Å²) in [4.78, 5) is 36.4. The third-order valence-electron chi connectivity index (χ3n) is 3.73. The fourth-order valence-electron chi connectivity index (χ4n) is 2.36. The summed E-state index contributed by atoms with van der Waals surface area (Å²) in [6.45, 7) is 3.78. The molecule has 18 heavy (non-hydrogen) atoms. The van der Waals surface area contributed by atoms with Crippen LogP contribution in [0.1, 0.15) is 32.6 Å². The van der Waals surface area contributed by atoms with Gasteiger partial charge in [-0.05, 0) is 25.2 Å². The number of carbonyl (C=O) groups excluding carboxylic acids is 3. The lowest BCUT2D eigenvalue weighted by Crippen LogP contribution is -2.38. The highest BCUT2D eigenvalue weighted by Gasteiger charge is 2.33. The molecular formula is C12H19N3O3. The highest BCUT2D eigenvalue weighted by Crippen LogP contribution is 2.18. The predicted molar refractivity (Wildman–Crippen MR) is 64.0 cm³/mol. The Kier molecular flexibility index (Phi) is 3.84. The van der Waals surface area contributed by atoms with E-state index < -0.39 is 5.92 Å². The van der Waals surface area contributed by atoms with E-state index >= 15 is 0 Å². The van der Waals surface area contributed by atoms with Crippen LogP contribution in [0.3, 0.4) is 0 Å².